The standard InChI is InChI=1S/C16H21NO3/c1-2-12-6-3-4-7-13(12)10-14(18)17-16(8-5-9-16)11-15(19)20/h3-4,6-7H,2,5,8-11H2,1H3,(H,17,18)(H,19,20). The summed E-state index contributed by atoms with van der Waals surface area (Å²) < 4.78 is 0. The number of benzene rings is 1. The Labute approximate surface area is 119 Å². The summed E-state index contributed by atoms with van der Waals surface area (Å²) in [5.74, 6) is -0.925. The van der Waals surface area contributed by atoms with E-state index in [-0.39, 0.29) is 12.3 Å². The Morgan fingerprint density at radius 3 is 2.40 bits per heavy atom. The number of hydrogen-bond acceptors (Lipinski definition) is 2. The zero-order valence-electron chi connectivity index (χ0n) is 11.8. The molecule has 108 valence electrons. The number of carboxylic acids is 1. The van der Waals surface area contributed by atoms with Gasteiger partial charge in [0.25, 0.3) is 0 Å². The third-order valence-corrected chi connectivity index (χ3v) is 4.06. The summed E-state index contributed by atoms with van der Waals surface area (Å²) in [6.07, 6.45) is 3.75. The Bertz CT molecular complexity index is 506. The summed E-state index contributed by atoms with van der Waals surface area (Å²) in [4.78, 5) is 23.1. The number of rotatable bonds is 6. The van der Waals surface area contributed by atoms with E-state index in [1.54, 1.807) is 0 Å². The van der Waals surface area contributed by atoms with Crippen molar-refractivity contribution in [2.24, 2.45) is 0 Å². The Morgan fingerprint density at radius 2 is 1.90 bits per heavy atom. The summed E-state index contributed by atoms with van der Waals surface area (Å²) in [5.41, 5.74) is 1.69. The summed E-state index contributed by atoms with van der Waals surface area (Å²) in [5, 5.41) is 11.9. The molecule has 4 nitrogen and oxygen atoms in total. The smallest absolute Gasteiger partial charge is 0.305 e. The second kappa shape index (κ2) is 6.07. The molecular weight excluding hydrogens is 254 g/mol. The molecular formula is C16H21NO3. The van der Waals surface area contributed by atoms with Gasteiger partial charge in [-0.1, -0.05) is 31.2 Å². The van der Waals surface area contributed by atoms with Crippen molar-refractivity contribution < 1.29 is 14.7 Å². The van der Waals surface area contributed by atoms with Gasteiger partial charge in [0.1, 0.15) is 0 Å². The Morgan fingerprint density at radius 1 is 1.25 bits per heavy atom. The third-order valence-electron chi connectivity index (χ3n) is 4.06. The van der Waals surface area contributed by atoms with E-state index < -0.39 is 11.5 Å². The molecule has 4 heteroatoms. The van der Waals surface area contributed by atoms with Gasteiger partial charge in [-0.2, -0.15) is 0 Å². The van der Waals surface area contributed by atoms with Gasteiger partial charge in [0, 0.05) is 0 Å². The van der Waals surface area contributed by atoms with E-state index in [2.05, 4.69) is 12.2 Å². The van der Waals surface area contributed by atoms with Crippen LogP contribution < -0.4 is 5.32 Å². The molecule has 2 N–H and O–H groups in total. The van der Waals surface area contributed by atoms with Crippen molar-refractivity contribution in [2.45, 2.75) is 51.0 Å². The number of hydrogen-bond donors (Lipinski definition) is 2. The van der Waals surface area contributed by atoms with Crippen LogP contribution in [0.2, 0.25) is 0 Å². The van der Waals surface area contributed by atoms with Crippen molar-refractivity contribution in [3.8, 4) is 0 Å². The van der Waals surface area contributed by atoms with Gasteiger partial charge in [-0.3, -0.25) is 9.59 Å². The lowest BCUT2D eigenvalue weighted by Crippen LogP contribution is -2.55. The topological polar surface area (TPSA) is 66.4 Å². The molecule has 1 aliphatic carbocycles. The van der Waals surface area contributed by atoms with Crippen LogP contribution in [0.25, 0.3) is 0 Å². The van der Waals surface area contributed by atoms with Crippen molar-refractivity contribution in [1.82, 2.24) is 5.32 Å². The number of carboxylic acid groups (broad SMARTS) is 1. The van der Waals surface area contributed by atoms with E-state index in [9.17, 15) is 9.59 Å². The molecule has 20 heavy (non-hydrogen) atoms. The SMILES string of the molecule is CCc1ccccc1CC(=O)NC1(CC(=O)O)CCC1. The van der Waals surface area contributed by atoms with Crippen molar-refractivity contribution in [3.63, 3.8) is 0 Å². The summed E-state index contributed by atoms with van der Waals surface area (Å²) >= 11 is 0. The number of carbonyl (C=O) groups excluding carboxylic acids is 1. The molecule has 1 aromatic rings. The Balaban J connectivity index is 2.00. The van der Waals surface area contributed by atoms with Gasteiger partial charge in [0.15, 0.2) is 0 Å². The number of carbonyl (C=O) groups is 2. The van der Waals surface area contributed by atoms with Crippen LogP contribution in [0.4, 0.5) is 0 Å². The summed E-state index contributed by atoms with van der Waals surface area (Å²) in [7, 11) is 0. The minimum absolute atomic E-state index is 0.0220. The molecule has 1 aromatic carbocycles. The lowest BCUT2D eigenvalue weighted by molar-refractivity contribution is -0.140. The van der Waals surface area contributed by atoms with Crippen LogP contribution in [0.5, 0.6) is 0 Å². The number of amides is 1. The van der Waals surface area contributed by atoms with Gasteiger partial charge in [-0.05, 0) is 36.8 Å². The first-order chi connectivity index (χ1) is 9.54. The second-order valence-electron chi connectivity index (χ2n) is 5.55. The van der Waals surface area contributed by atoms with E-state index in [0.29, 0.717) is 6.42 Å². The minimum atomic E-state index is -0.848. The fourth-order valence-electron chi connectivity index (χ4n) is 2.83. The van der Waals surface area contributed by atoms with Gasteiger partial charge in [0.2, 0.25) is 5.91 Å². The van der Waals surface area contributed by atoms with Crippen LogP contribution in [0, 0.1) is 0 Å². The lowest BCUT2D eigenvalue weighted by atomic mass is 9.74. The first kappa shape index (κ1) is 14.6. The largest absolute Gasteiger partial charge is 0.481 e. The van der Waals surface area contributed by atoms with Crippen molar-refractivity contribution in [3.05, 3.63) is 35.4 Å². The maximum absolute atomic E-state index is 12.2. The van der Waals surface area contributed by atoms with E-state index in [1.165, 1.54) is 5.56 Å². The summed E-state index contributed by atoms with van der Waals surface area (Å²) in [6.45, 7) is 2.06. The maximum Gasteiger partial charge on any atom is 0.305 e. The molecule has 1 aliphatic rings. The van der Waals surface area contributed by atoms with Gasteiger partial charge < -0.3 is 10.4 Å². The normalized spacial score (nSPS) is 16.2. The van der Waals surface area contributed by atoms with Gasteiger partial charge in [-0.15, -0.1) is 0 Å². The highest BCUT2D eigenvalue weighted by molar-refractivity contribution is 5.81. The Hall–Kier alpha value is -1.84. The zero-order chi connectivity index (χ0) is 14.6. The highest BCUT2D eigenvalue weighted by Crippen LogP contribution is 2.35. The number of aliphatic carboxylic acids is 1. The molecule has 0 spiro atoms. The molecule has 1 amide bonds. The number of aryl methyl sites for hydroxylation is 1. The molecule has 0 aromatic heterocycles. The van der Waals surface area contributed by atoms with Crippen LogP contribution in [-0.2, 0) is 22.4 Å². The zero-order valence-corrected chi connectivity index (χ0v) is 11.8. The maximum atomic E-state index is 12.2. The second-order valence-corrected chi connectivity index (χ2v) is 5.55. The fourth-order valence-corrected chi connectivity index (χ4v) is 2.83. The van der Waals surface area contributed by atoms with Crippen molar-refractivity contribution in [2.75, 3.05) is 0 Å². The monoisotopic (exact) mass is 275 g/mol. The van der Waals surface area contributed by atoms with Gasteiger partial charge in [-0.25, -0.2) is 0 Å². The molecule has 0 heterocycles. The minimum Gasteiger partial charge on any atom is -0.481 e. The summed E-state index contributed by atoms with van der Waals surface area (Å²) in [6, 6.07) is 7.89. The van der Waals surface area contributed by atoms with E-state index in [0.717, 1.165) is 31.2 Å². The van der Waals surface area contributed by atoms with Crippen molar-refractivity contribution in [1.29, 1.82) is 0 Å². The molecule has 0 bridgehead atoms. The number of nitrogens with one attached hydrogen (secondary N) is 1. The third kappa shape index (κ3) is 3.38. The fraction of sp³-hybridized carbons (Fsp3) is 0.500. The van der Waals surface area contributed by atoms with Crippen LogP contribution in [0.3, 0.4) is 0 Å². The molecule has 0 aliphatic heterocycles. The predicted molar refractivity (Wildman–Crippen MR) is 76.5 cm³/mol. The molecule has 2 rings (SSSR count). The van der Waals surface area contributed by atoms with Crippen LogP contribution >= 0.6 is 0 Å². The highest BCUT2D eigenvalue weighted by atomic mass is 16.4. The van der Waals surface area contributed by atoms with Crippen LogP contribution in [-0.4, -0.2) is 22.5 Å². The van der Waals surface area contributed by atoms with Crippen LogP contribution in [0.1, 0.15) is 43.7 Å². The molecule has 1 fully saturated rings. The van der Waals surface area contributed by atoms with E-state index in [4.69, 9.17) is 5.11 Å². The average Bonchev–Trinajstić information content (AvgIpc) is 2.36. The highest BCUT2D eigenvalue weighted by Gasteiger charge is 2.40. The van der Waals surface area contributed by atoms with Crippen LogP contribution in [0.15, 0.2) is 24.3 Å². The first-order valence-electron chi connectivity index (χ1n) is 7.14. The molecule has 1 saturated carbocycles. The van der Waals surface area contributed by atoms with Gasteiger partial charge >= 0.3 is 5.97 Å². The molecule has 0 radical (unpaired) electrons. The quantitative estimate of drug-likeness (QED) is 0.837. The molecule has 0 unspecified atom stereocenters. The lowest BCUT2D eigenvalue weighted by Gasteiger charge is -2.41. The van der Waals surface area contributed by atoms with Gasteiger partial charge in [0.05, 0.1) is 18.4 Å². The Kier molecular flexibility index (Phi) is 4.42. The molecule has 0 atom stereocenters. The van der Waals surface area contributed by atoms with E-state index in [1.807, 2.05) is 24.3 Å². The predicted octanol–water partition coefficient (Wildman–Crippen LogP) is 2.31. The van der Waals surface area contributed by atoms with E-state index >= 15 is 0 Å². The van der Waals surface area contributed by atoms with Crippen molar-refractivity contribution >= 4 is 11.9 Å². The first-order valence-corrected chi connectivity index (χ1v) is 7.14. The molecule has 0 saturated heterocycles. The average molecular weight is 275 g/mol.